The lowest BCUT2D eigenvalue weighted by Crippen LogP contribution is -2.39. The van der Waals surface area contributed by atoms with Crippen LogP contribution in [-0.2, 0) is 23.8 Å². The average Bonchev–Trinajstić information content (AvgIpc) is 3.01. The molecule has 7 heteroatoms. The van der Waals surface area contributed by atoms with Crippen LogP contribution in [0, 0.1) is 0 Å². The molecule has 0 aromatic rings. The Balaban J connectivity index is 2.40. The minimum Gasteiger partial charge on any atom is -0.466 e. The first kappa shape index (κ1) is 14.1. The largest absolute Gasteiger partial charge is 0.466 e. The highest BCUT2D eigenvalue weighted by Crippen LogP contribution is 2.38. The van der Waals surface area contributed by atoms with Crippen molar-refractivity contribution in [1.29, 1.82) is 0 Å². The van der Waals surface area contributed by atoms with Gasteiger partial charge >= 0.3 is 18.0 Å². The van der Waals surface area contributed by atoms with E-state index in [0.29, 0.717) is 0 Å². The van der Waals surface area contributed by atoms with Crippen LogP contribution >= 0.6 is 0 Å². The maximum absolute atomic E-state index is 12.0. The van der Waals surface area contributed by atoms with E-state index in [1.807, 2.05) is 0 Å². The highest BCUT2D eigenvalue weighted by molar-refractivity contribution is 6.06. The number of ether oxygens (including phenoxy) is 3. The van der Waals surface area contributed by atoms with E-state index in [0.717, 1.165) is 0 Å². The predicted octanol–water partition coefficient (Wildman–Crippen LogP) is 0.408. The lowest BCUT2D eigenvalue weighted by atomic mass is 9.97. The maximum atomic E-state index is 12.0. The van der Waals surface area contributed by atoms with Gasteiger partial charge in [0.2, 0.25) is 0 Å². The molecule has 7 nitrogen and oxygen atoms in total. The lowest BCUT2D eigenvalue weighted by Gasteiger charge is -2.22. The molecule has 2 heterocycles. The molecule has 2 aliphatic rings. The molecule has 2 unspecified atom stereocenters. The maximum Gasteiger partial charge on any atom is 0.411 e. The number of carbonyl (C=O) groups is 3. The second kappa shape index (κ2) is 5.36. The molecule has 2 atom stereocenters. The van der Waals surface area contributed by atoms with Crippen LogP contribution in [0.15, 0.2) is 23.3 Å². The molecule has 20 heavy (non-hydrogen) atoms. The Hall–Kier alpha value is -2.31. The van der Waals surface area contributed by atoms with Crippen molar-refractivity contribution in [2.75, 3.05) is 20.8 Å². The first-order chi connectivity index (χ1) is 9.56. The van der Waals surface area contributed by atoms with Gasteiger partial charge < -0.3 is 14.2 Å². The third kappa shape index (κ3) is 1.95. The van der Waals surface area contributed by atoms with Crippen LogP contribution in [0.1, 0.15) is 6.92 Å². The third-order valence-electron chi connectivity index (χ3n) is 3.25. The molecule has 108 valence electrons. The standard InChI is InChI=1S/C13H15NO6/c1-4-20-13(17)14-7-5-6-8(14)10(12(16)19-3)9(7)11(15)18-2/h5-8H,4H2,1-3H3. The zero-order valence-electron chi connectivity index (χ0n) is 11.4. The van der Waals surface area contributed by atoms with E-state index >= 15 is 0 Å². The molecule has 0 fully saturated rings. The predicted molar refractivity (Wildman–Crippen MR) is 66.6 cm³/mol. The summed E-state index contributed by atoms with van der Waals surface area (Å²) in [5, 5.41) is 0. The fourth-order valence-corrected chi connectivity index (χ4v) is 2.46. The van der Waals surface area contributed by atoms with Gasteiger partial charge in [-0.05, 0) is 6.92 Å². The van der Waals surface area contributed by atoms with Crippen LogP contribution < -0.4 is 0 Å². The van der Waals surface area contributed by atoms with Crippen molar-refractivity contribution in [2.24, 2.45) is 0 Å². The van der Waals surface area contributed by atoms with Gasteiger partial charge in [-0.1, -0.05) is 12.2 Å². The Bertz CT molecular complexity index is 485. The van der Waals surface area contributed by atoms with Crippen molar-refractivity contribution in [3.05, 3.63) is 23.3 Å². The SMILES string of the molecule is CCOC(=O)N1C2C=CC1C(C(=O)OC)=C2C(=O)OC. The van der Waals surface area contributed by atoms with Crippen LogP contribution in [0.4, 0.5) is 4.79 Å². The summed E-state index contributed by atoms with van der Waals surface area (Å²) in [6.45, 7) is 1.88. The summed E-state index contributed by atoms with van der Waals surface area (Å²) < 4.78 is 14.3. The second-order valence-corrected chi connectivity index (χ2v) is 4.19. The molecular weight excluding hydrogens is 266 g/mol. The van der Waals surface area contributed by atoms with Gasteiger partial charge in [-0.15, -0.1) is 0 Å². The molecule has 0 spiro atoms. The number of amides is 1. The van der Waals surface area contributed by atoms with Gasteiger partial charge in [0.25, 0.3) is 0 Å². The Morgan fingerprint density at radius 1 is 1.05 bits per heavy atom. The number of carbonyl (C=O) groups excluding carboxylic acids is 3. The molecule has 1 amide bonds. The van der Waals surface area contributed by atoms with Crippen LogP contribution in [-0.4, -0.2) is 55.8 Å². The van der Waals surface area contributed by atoms with Gasteiger partial charge in [0, 0.05) is 0 Å². The van der Waals surface area contributed by atoms with E-state index in [2.05, 4.69) is 9.47 Å². The highest BCUT2D eigenvalue weighted by Gasteiger charge is 2.51. The number of hydrogen-bond donors (Lipinski definition) is 0. The monoisotopic (exact) mass is 281 g/mol. The van der Waals surface area contributed by atoms with Crippen molar-refractivity contribution in [1.82, 2.24) is 4.90 Å². The van der Waals surface area contributed by atoms with Crippen molar-refractivity contribution >= 4 is 18.0 Å². The zero-order chi connectivity index (χ0) is 14.9. The molecular formula is C13H15NO6. The van der Waals surface area contributed by atoms with Crippen molar-refractivity contribution in [3.63, 3.8) is 0 Å². The third-order valence-corrected chi connectivity index (χ3v) is 3.25. The Kier molecular flexibility index (Phi) is 3.78. The van der Waals surface area contributed by atoms with Crippen LogP contribution in [0.3, 0.4) is 0 Å². The minimum atomic E-state index is -0.656. The number of esters is 2. The van der Waals surface area contributed by atoms with Crippen LogP contribution in [0.5, 0.6) is 0 Å². The van der Waals surface area contributed by atoms with E-state index in [1.165, 1.54) is 19.1 Å². The van der Waals surface area contributed by atoms with Crippen molar-refractivity contribution < 1.29 is 28.6 Å². The highest BCUT2D eigenvalue weighted by atomic mass is 16.6. The van der Waals surface area contributed by atoms with Gasteiger partial charge in [0.05, 0.1) is 44.1 Å². The Morgan fingerprint density at radius 3 is 1.85 bits per heavy atom. The Labute approximate surface area is 115 Å². The van der Waals surface area contributed by atoms with Gasteiger partial charge in [0.1, 0.15) is 0 Å². The molecule has 0 saturated carbocycles. The molecule has 2 rings (SSSR count). The molecule has 0 N–H and O–H groups in total. The number of rotatable bonds is 3. The quantitative estimate of drug-likeness (QED) is 0.423. The first-order valence-electron chi connectivity index (χ1n) is 6.10. The first-order valence-corrected chi connectivity index (χ1v) is 6.10. The second-order valence-electron chi connectivity index (χ2n) is 4.19. The van der Waals surface area contributed by atoms with E-state index in [9.17, 15) is 14.4 Å². The minimum absolute atomic E-state index is 0.125. The summed E-state index contributed by atoms with van der Waals surface area (Å²) in [7, 11) is 2.43. The average molecular weight is 281 g/mol. The molecule has 0 aliphatic carbocycles. The normalized spacial score (nSPS) is 23.1. The van der Waals surface area contributed by atoms with Crippen molar-refractivity contribution in [2.45, 2.75) is 19.0 Å². The zero-order valence-corrected chi connectivity index (χ0v) is 11.4. The lowest BCUT2D eigenvalue weighted by molar-refractivity contribution is -0.139. The summed E-state index contributed by atoms with van der Waals surface area (Å²) in [6.07, 6.45) is 2.74. The molecule has 0 aromatic heterocycles. The Morgan fingerprint density at radius 2 is 1.50 bits per heavy atom. The van der Waals surface area contributed by atoms with Gasteiger partial charge in [-0.2, -0.15) is 0 Å². The van der Waals surface area contributed by atoms with E-state index in [1.54, 1.807) is 19.1 Å². The number of nitrogens with zero attached hydrogens (tertiary/aromatic N) is 1. The van der Waals surface area contributed by atoms with Gasteiger partial charge in [-0.3, -0.25) is 4.90 Å². The molecule has 0 radical (unpaired) electrons. The number of hydrogen-bond acceptors (Lipinski definition) is 6. The smallest absolute Gasteiger partial charge is 0.411 e. The van der Waals surface area contributed by atoms with Crippen molar-refractivity contribution in [3.8, 4) is 0 Å². The summed E-state index contributed by atoms with van der Waals surface area (Å²) in [6, 6.07) is -1.30. The molecule has 2 aliphatic heterocycles. The fraction of sp³-hybridized carbons (Fsp3) is 0.462. The summed E-state index contributed by atoms with van der Waals surface area (Å²) >= 11 is 0. The number of methoxy groups -OCH3 is 2. The summed E-state index contributed by atoms with van der Waals surface area (Å²) in [5.74, 6) is -1.31. The van der Waals surface area contributed by atoms with E-state index in [-0.39, 0.29) is 17.8 Å². The van der Waals surface area contributed by atoms with E-state index in [4.69, 9.17) is 4.74 Å². The molecule has 0 aromatic carbocycles. The molecule has 0 saturated heterocycles. The van der Waals surface area contributed by atoms with Gasteiger partial charge in [-0.25, -0.2) is 14.4 Å². The number of fused-ring (bicyclic) bond motifs is 2. The summed E-state index contributed by atoms with van der Waals surface area (Å²) in [4.78, 5) is 37.0. The summed E-state index contributed by atoms with van der Waals surface area (Å²) in [5.41, 5.74) is 0.250. The topological polar surface area (TPSA) is 82.1 Å². The fourth-order valence-electron chi connectivity index (χ4n) is 2.46. The van der Waals surface area contributed by atoms with Gasteiger partial charge in [0.15, 0.2) is 0 Å². The van der Waals surface area contributed by atoms with Crippen LogP contribution in [0.25, 0.3) is 0 Å². The van der Waals surface area contributed by atoms with Crippen LogP contribution in [0.2, 0.25) is 0 Å². The molecule has 2 bridgehead atoms. The van der Waals surface area contributed by atoms with E-state index < -0.39 is 30.1 Å².